The molecule has 7 nitrogen and oxygen atoms in total. The van der Waals surface area contributed by atoms with Crippen LogP contribution in [0.2, 0.25) is 5.02 Å². The Bertz CT molecular complexity index is 1260. The number of benzene rings is 2. The molecule has 2 aromatic heterocycles. The molecule has 1 aliphatic heterocycles. The molecule has 3 heterocycles. The van der Waals surface area contributed by atoms with Gasteiger partial charge in [-0.3, -0.25) is 4.79 Å². The number of H-pyrrole nitrogens is 1. The maximum atomic E-state index is 12.8. The van der Waals surface area contributed by atoms with E-state index >= 15 is 0 Å². The summed E-state index contributed by atoms with van der Waals surface area (Å²) in [6, 6.07) is 13.4. The van der Waals surface area contributed by atoms with Crippen molar-refractivity contribution in [1.82, 2.24) is 20.0 Å². The van der Waals surface area contributed by atoms with Gasteiger partial charge < -0.3 is 19.1 Å². The number of piperidine rings is 1. The highest BCUT2D eigenvalue weighted by molar-refractivity contribution is 6.30. The number of aryl methyl sites for hydroxylation is 1. The lowest BCUT2D eigenvalue weighted by atomic mass is 9.89. The number of carbonyl (C=O) groups excluding carboxylic acids is 1. The standard InChI is InChI=1S/C25H25ClN4O3/c1-32-19-6-7-22-20(14-19)21(15-27-22)16-10-12-30(13-11-16)24(31)9-8-23-28-25(29-33-23)17-2-4-18(26)5-3-17/h2-7,14-16,27H,8-13H2,1H3. The Morgan fingerprint density at radius 2 is 2.00 bits per heavy atom. The van der Waals surface area contributed by atoms with Crippen LogP contribution in [0.5, 0.6) is 5.75 Å². The van der Waals surface area contributed by atoms with Gasteiger partial charge in [0.05, 0.1) is 7.11 Å². The minimum absolute atomic E-state index is 0.125. The normalized spacial score (nSPS) is 14.7. The van der Waals surface area contributed by atoms with Crippen molar-refractivity contribution in [3.63, 3.8) is 0 Å². The van der Waals surface area contributed by atoms with Gasteiger partial charge in [-0.2, -0.15) is 4.98 Å². The van der Waals surface area contributed by atoms with Gasteiger partial charge in [0, 0.05) is 53.6 Å². The summed E-state index contributed by atoms with van der Waals surface area (Å²) in [4.78, 5) is 22.5. The molecule has 1 aliphatic rings. The van der Waals surface area contributed by atoms with Gasteiger partial charge in [-0.15, -0.1) is 0 Å². The van der Waals surface area contributed by atoms with Crippen molar-refractivity contribution in [1.29, 1.82) is 0 Å². The van der Waals surface area contributed by atoms with Crippen LogP contribution in [0.1, 0.15) is 36.6 Å². The third-order valence-electron chi connectivity index (χ3n) is 6.33. The van der Waals surface area contributed by atoms with Crippen molar-refractivity contribution in [2.45, 2.75) is 31.6 Å². The number of ether oxygens (including phenoxy) is 1. The van der Waals surface area contributed by atoms with Crippen molar-refractivity contribution >= 4 is 28.4 Å². The molecule has 5 rings (SSSR count). The first-order valence-electron chi connectivity index (χ1n) is 11.1. The number of aromatic nitrogens is 3. The molecule has 1 N–H and O–H groups in total. The first-order chi connectivity index (χ1) is 16.1. The van der Waals surface area contributed by atoms with Crippen molar-refractivity contribution in [2.24, 2.45) is 0 Å². The highest BCUT2D eigenvalue weighted by atomic mass is 35.5. The van der Waals surface area contributed by atoms with Crippen LogP contribution in [0.25, 0.3) is 22.3 Å². The van der Waals surface area contributed by atoms with Gasteiger partial charge in [0.2, 0.25) is 17.6 Å². The average Bonchev–Trinajstić information content (AvgIpc) is 3.50. The third-order valence-corrected chi connectivity index (χ3v) is 6.58. The Kier molecular flexibility index (Phi) is 6.05. The maximum Gasteiger partial charge on any atom is 0.227 e. The second-order valence-electron chi connectivity index (χ2n) is 8.33. The number of aromatic amines is 1. The van der Waals surface area contributed by atoms with Crippen LogP contribution in [-0.2, 0) is 11.2 Å². The molecule has 0 spiro atoms. The van der Waals surface area contributed by atoms with E-state index in [1.54, 1.807) is 19.2 Å². The Morgan fingerprint density at radius 1 is 1.21 bits per heavy atom. The Morgan fingerprint density at radius 3 is 2.76 bits per heavy atom. The van der Waals surface area contributed by atoms with Crippen LogP contribution in [0.3, 0.4) is 0 Å². The quantitative estimate of drug-likeness (QED) is 0.423. The molecule has 0 unspecified atom stereocenters. The number of halogens is 1. The molecule has 0 aliphatic carbocycles. The van der Waals surface area contributed by atoms with Crippen LogP contribution < -0.4 is 4.74 Å². The molecule has 33 heavy (non-hydrogen) atoms. The zero-order valence-electron chi connectivity index (χ0n) is 18.4. The van der Waals surface area contributed by atoms with Crippen molar-refractivity contribution in [2.75, 3.05) is 20.2 Å². The van der Waals surface area contributed by atoms with E-state index in [0.29, 0.717) is 35.5 Å². The second-order valence-corrected chi connectivity index (χ2v) is 8.77. The fourth-order valence-corrected chi connectivity index (χ4v) is 4.60. The van der Waals surface area contributed by atoms with E-state index in [1.807, 2.05) is 29.2 Å². The molecule has 8 heteroatoms. The van der Waals surface area contributed by atoms with E-state index in [-0.39, 0.29) is 5.91 Å². The summed E-state index contributed by atoms with van der Waals surface area (Å²) in [5, 5.41) is 5.87. The van der Waals surface area contributed by atoms with Crippen molar-refractivity contribution < 1.29 is 14.1 Å². The van der Waals surface area contributed by atoms with Gasteiger partial charge in [0.25, 0.3) is 0 Å². The summed E-state index contributed by atoms with van der Waals surface area (Å²) >= 11 is 5.93. The summed E-state index contributed by atoms with van der Waals surface area (Å²) in [5.41, 5.74) is 3.25. The largest absolute Gasteiger partial charge is 0.497 e. The Balaban J connectivity index is 1.16. The SMILES string of the molecule is COc1ccc2[nH]cc(C3CCN(C(=O)CCc4nc(-c5ccc(Cl)cc5)no4)CC3)c2c1. The fourth-order valence-electron chi connectivity index (χ4n) is 4.47. The fraction of sp³-hybridized carbons (Fsp3) is 0.320. The van der Waals surface area contributed by atoms with E-state index in [2.05, 4.69) is 27.4 Å². The highest BCUT2D eigenvalue weighted by Gasteiger charge is 2.26. The van der Waals surface area contributed by atoms with Crippen LogP contribution in [0.15, 0.2) is 53.2 Å². The lowest BCUT2D eigenvalue weighted by Gasteiger charge is -2.32. The lowest BCUT2D eigenvalue weighted by molar-refractivity contribution is -0.132. The average molecular weight is 465 g/mol. The summed E-state index contributed by atoms with van der Waals surface area (Å²) < 4.78 is 10.7. The number of hydrogen-bond donors (Lipinski definition) is 1. The molecular formula is C25H25ClN4O3. The number of amides is 1. The summed E-state index contributed by atoms with van der Waals surface area (Å²) in [6.07, 6.45) is 4.77. The van der Waals surface area contributed by atoms with Gasteiger partial charge in [-0.05, 0) is 66.8 Å². The molecule has 0 atom stereocenters. The molecular weight excluding hydrogens is 440 g/mol. The minimum Gasteiger partial charge on any atom is -0.497 e. The predicted octanol–water partition coefficient (Wildman–Crippen LogP) is 5.22. The monoisotopic (exact) mass is 464 g/mol. The first-order valence-corrected chi connectivity index (χ1v) is 11.5. The molecule has 0 radical (unpaired) electrons. The topological polar surface area (TPSA) is 84.2 Å². The molecule has 0 bridgehead atoms. The van der Waals surface area contributed by atoms with E-state index in [1.165, 1.54) is 10.9 Å². The summed E-state index contributed by atoms with van der Waals surface area (Å²) in [7, 11) is 1.68. The number of hydrogen-bond acceptors (Lipinski definition) is 5. The zero-order chi connectivity index (χ0) is 22.8. The van der Waals surface area contributed by atoms with E-state index < -0.39 is 0 Å². The summed E-state index contributed by atoms with van der Waals surface area (Å²) in [5.74, 6) is 2.38. The molecule has 2 aromatic carbocycles. The maximum absolute atomic E-state index is 12.8. The smallest absolute Gasteiger partial charge is 0.227 e. The third kappa shape index (κ3) is 4.59. The lowest BCUT2D eigenvalue weighted by Crippen LogP contribution is -2.38. The van der Waals surface area contributed by atoms with E-state index in [0.717, 1.165) is 42.8 Å². The van der Waals surface area contributed by atoms with Crippen LogP contribution in [0, 0.1) is 0 Å². The van der Waals surface area contributed by atoms with Crippen molar-refractivity contribution in [3.8, 4) is 17.1 Å². The van der Waals surface area contributed by atoms with Gasteiger partial charge >= 0.3 is 0 Å². The van der Waals surface area contributed by atoms with Gasteiger partial charge in [0.1, 0.15) is 5.75 Å². The molecule has 0 saturated carbocycles. The van der Waals surface area contributed by atoms with Gasteiger partial charge in [-0.1, -0.05) is 16.8 Å². The molecule has 1 fully saturated rings. The Labute approximate surface area is 196 Å². The number of carbonyl (C=O) groups is 1. The molecule has 1 saturated heterocycles. The number of methoxy groups -OCH3 is 1. The van der Waals surface area contributed by atoms with Crippen molar-refractivity contribution in [3.05, 3.63) is 65.1 Å². The minimum atomic E-state index is 0.125. The van der Waals surface area contributed by atoms with Gasteiger partial charge in [-0.25, -0.2) is 0 Å². The number of likely N-dealkylation sites (tertiary alicyclic amines) is 1. The Hall–Kier alpha value is -3.32. The zero-order valence-corrected chi connectivity index (χ0v) is 19.1. The number of nitrogens with one attached hydrogen (secondary N) is 1. The molecule has 1 amide bonds. The predicted molar refractivity (Wildman–Crippen MR) is 126 cm³/mol. The highest BCUT2D eigenvalue weighted by Crippen LogP contribution is 2.34. The van der Waals surface area contributed by atoms with Gasteiger partial charge in [0.15, 0.2) is 0 Å². The van der Waals surface area contributed by atoms with Crippen LogP contribution in [-0.4, -0.2) is 46.1 Å². The number of nitrogens with zero attached hydrogens (tertiary/aromatic N) is 3. The molecule has 4 aromatic rings. The molecule has 170 valence electrons. The van der Waals surface area contributed by atoms with E-state index in [4.69, 9.17) is 20.9 Å². The summed E-state index contributed by atoms with van der Waals surface area (Å²) in [6.45, 7) is 1.50. The van der Waals surface area contributed by atoms with E-state index in [9.17, 15) is 4.79 Å². The number of fused-ring (bicyclic) bond motifs is 1. The van der Waals surface area contributed by atoms with Crippen LogP contribution in [0.4, 0.5) is 0 Å². The first kappa shape index (κ1) is 21.5. The number of rotatable bonds is 6. The van der Waals surface area contributed by atoms with Crippen LogP contribution >= 0.6 is 11.6 Å². The second kappa shape index (κ2) is 9.27.